The van der Waals surface area contributed by atoms with Crippen LogP contribution < -0.4 is 0 Å². The molecule has 0 spiro atoms. The van der Waals surface area contributed by atoms with Gasteiger partial charge in [0.1, 0.15) is 0 Å². The standard InChI is InChI=1S/C42H26N4/c1-2-13-28(14-3-1)40-33-17-6-9-19-35(33)43-42(44-40)46-37-21-11-8-18-34(37)39-38(46)25-24-32-31-16-7-10-20-36(31)45(41(32)39)30-23-22-27-12-4-5-15-29(27)26-30/h1-26H. The molecule has 0 amide bonds. The van der Waals surface area contributed by atoms with Crippen LogP contribution in [0.1, 0.15) is 0 Å². The second-order valence-electron chi connectivity index (χ2n) is 11.8. The number of nitrogens with zero attached hydrogens (tertiary/aromatic N) is 4. The lowest BCUT2D eigenvalue weighted by atomic mass is 10.1. The summed E-state index contributed by atoms with van der Waals surface area (Å²) >= 11 is 0. The summed E-state index contributed by atoms with van der Waals surface area (Å²) in [6.45, 7) is 0. The lowest BCUT2D eigenvalue weighted by Gasteiger charge is -2.12. The molecule has 214 valence electrons. The van der Waals surface area contributed by atoms with Gasteiger partial charge < -0.3 is 4.57 Å². The number of fused-ring (bicyclic) bond motifs is 9. The molecule has 10 rings (SSSR count). The normalized spacial score (nSPS) is 11.9. The summed E-state index contributed by atoms with van der Waals surface area (Å²) in [5.41, 5.74) is 8.59. The van der Waals surface area contributed by atoms with Crippen LogP contribution in [0.25, 0.3) is 88.2 Å². The largest absolute Gasteiger partial charge is 0.309 e. The molecule has 0 bridgehead atoms. The van der Waals surface area contributed by atoms with Crippen LogP contribution in [0.3, 0.4) is 0 Å². The van der Waals surface area contributed by atoms with Gasteiger partial charge in [0, 0.05) is 38.2 Å². The first-order valence-electron chi connectivity index (χ1n) is 15.6. The highest BCUT2D eigenvalue weighted by Crippen LogP contribution is 2.42. The molecule has 3 aromatic heterocycles. The van der Waals surface area contributed by atoms with E-state index in [0.717, 1.165) is 38.9 Å². The molecule has 3 heterocycles. The second kappa shape index (κ2) is 9.62. The zero-order valence-corrected chi connectivity index (χ0v) is 24.8. The highest BCUT2D eigenvalue weighted by Gasteiger charge is 2.22. The van der Waals surface area contributed by atoms with E-state index in [1.54, 1.807) is 0 Å². The Labute approximate surface area is 264 Å². The van der Waals surface area contributed by atoms with Gasteiger partial charge >= 0.3 is 0 Å². The maximum atomic E-state index is 5.30. The second-order valence-corrected chi connectivity index (χ2v) is 11.8. The minimum atomic E-state index is 0.663. The van der Waals surface area contributed by atoms with Crippen LogP contribution >= 0.6 is 0 Å². The predicted octanol–water partition coefficient (Wildman–Crippen LogP) is 10.6. The summed E-state index contributed by atoms with van der Waals surface area (Å²) < 4.78 is 4.68. The molecule has 0 aliphatic carbocycles. The Morgan fingerprint density at radius 1 is 0.413 bits per heavy atom. The Bertz CT molecular complexity index is 2810. The molecule has 0 saturated heterocycles. The highest BCUT2D eigenvalue weighted by atomic mass is 15.2. The zero-order valence-electron chi connectivity index (χ0n) is 24.8. The molecule has 4 nitrogen and oxygen atoms in total. The molecule has 0 saturated carbocycles. The monoisotopic (exact) mass is 586 g/mol. The third-order valence-corrected chi connectivity index (χ3v) is 9.30. The maximum absolute atomic E-state index is 5.30. The summed E-state index contributed by atoms with van der Waals surface area (Å²) in [5, 5.41) is 8.31. The van der Waals surface area contributed by atoms with Crippen molar-refractivity contribution < 1.29 is 0 Å². The molecular weight excluding hydrogens is 560 g/mol. The Kier molecular flexibility index (Phi) is 5.25. The van der Waals surface area contributed by atoms with E-state index in [1.807, 2.05) is 12.1 Å². The van der Waals surface area contributed by atoms with E-state index >= 15 is 0 Å². The van der Waals surface area contributed by atoms with Crippen molar-refractivity contribution in [3.8, 4) is 22.9 Å². The van der Waals surface area contributed by atoms with Gasteiger partial charge in [0.05, 0.1) is 33.3 Å². The minimum absolute atomic E-state index is 0.663. The van der Waals surface area contributed by atoms with Crippen molar-refractivity contribution in [2.75, 3.05) is 0 Å². The summed E-state index contributed by atoms with van der Waals surface area (Å²) in [4.78, 5) is 10.5. The van der Waals surface area contributed by atoms with E-state index in [4.69, 9.17) is 9.97 Å². The van der Waals surface area contributed by atoms with E-state index in [9.17, 15) is 0 Å². The van der Waals surface area contributed by atoms with Crippen LogP contribution in [0.15, 0.2) is 158 Å². The van der Waals surface area contributed by atoms with E-state index < -0.39 is 0 Å². The molecule has 0 unspecified atom stereocenters. The van der Waals surface area contributed by atoms with E-state index in [0.29, 0.717) is 5.95 Å². The van der Waals surface area contributed by atoms with Gasteiger partial charge in [-0.3, -0.25) is 4.57 Å². The summed E-state index contributed by atoms with van der Waals surface area (Å²) in [7, 11) is 0. The molecule has 0 atom stereocenters. The number of benzene rings is 7. The molecule has 0 fully saturated rings. The van der Waals surface area contributed by atoms with Gasteiger partial charge in [0.15, 0.2) is 0 Å². The number of aromatic nitrogens is 4. The summed E-state index contributed by atoms with van der Waals surface area (Å²) in [6.07, 6.45) is 0. The van der Waals surface area contributed by atoms with E-state index in [1.165, 1.54) is 43.4 Å². The Morgan fingerprint density at radius 3 is 1.93 bits per heavy atom. The fourth-order valence-corrected chi connectivity index (χ4v) is 7.29. The first kappa shape index (κ1) is 25.1. The average Bonchev–Trinajstić information content (AvgIpc) is 3.64. The molecule has 46 heavy (non-hydrogen) atoms. The maximum Gasteiger partial charge on any atom is 0.235 e. The topological polar surface area (TPSA) is 35.6 Å². The fourth-order valence-electron chi connectivity index (χ4n) is 7.29. The van der Waals surface area contributed by atoms with Crippen LogP contribution in [0.2, 0.25) is 0 Å². The van der Waals surface area contributed by atoms with Crippen molar-refractivity contribution in [3.63, 3.8) is 0 Å². The average molecular weight is 587 g/mol. The van der Waals surface area contributed by atoms with Crippen LogP contribution in [0.5, 0.6) is 0 Å². The molecule has 7 aromatic carbocycles. The fraction of sp³-hybridized carbons (Fsp3) is 0. The molecular formula is C42H26N4. The van der Waals surface area contributed by atoms with Crippen molar-refractivity contribution in [2.24, 2.45) is 0 Å². The molecule has 0 aliphatic rings. The number of para-hydroxylation sites is 3. The SMILES string of the molecule is c1ccc(-c2nc(-n3c4ccccc4c4c3ccc3c5ccccc5n(-c5ccc6ccccc6c5)c34)nc3ccccc23)cc1. The number of hydrogen-bond acceptors (Lipinski definition) is 2. The van der Waals surface area contributed by atoms with Crippen molar-refractivity contribution in [1.82, 2.24) is 19.1 Å². The predicted molar refractivity (Wildman–Crippen MR) is 191 cm³/mol. The Balaban J connectivity index is 1.36. The Morgan fingerprint density at radius 2 is 1.09 bits per heavy atom. The van der Waals surface area contributed by atoms with Gasteiger partial charge in [-0.25, -0.2) is 9.97 Å². The van der Waals surface area contributed by atoms with Gasteiger partial charge in [-0.2, -0.15) is 0 Å². The van der Waals surface area contributed by atoms with Crippen LogP contribution in [0, 0.1) is 0 Å². The molecule has 0 radical (unpaired) electrons. The van der Waals surface area contributed by atoms with Crippen LogP contribution in [-0.2, 0) is 0 Å². The third kappa shape index (κ3) is 3.55. The number of hydrogen-bond donors (Lipinski definition) is 0. The van der Waals surface area contributed by atoms with Crippen molar-refractivity contribution >= 4 is 65.3 Å². The highest BCUT2D eigenvalue weighted by molar-refractivity contribution is 6.26. The molecule has 0 N–H and O–H groups in total. The minimum Gasteiger partial charge on any atom is -0.309 e. The quantitative estimate of drug-likeness (QED) is 0.206. The molecule has 10 aromatic rings. The van der Waals surface area contributed by atoms with Gasteiger partial charge in [-0.15, -0.1) is 0 Å². The summed E-state index contributed by atoms with van der Waals surface area (Å²) in [6, 6.07) is 55.9. The van der Waals surface area contributed by atoms with Gasteiger partial charge in [-0.1, -0.05) is 121 Å². The lowest BCUT2D eigenvalue weighted by Crippen LogP contribution is -2.03. The van der Waals surface area contributed by atoms with Crippen LogP contribution in [0.4, 0.5) is 0 Å². The van der Waals surface area contributed by atoms with Gasteiger partial charge in [0.25, 0.3) is 0 Å². The Hall–Kier alpha value is -6.26. The van der Waals surface area contributed by atoms with Crippen molar-refractivity contribution in [2.45, 2.75) is 0 Å². The first-order valence-corrected chi connectivity index (χ1v) is 15.6. The van der Waals surface area contributed by atoms with E-state index in [-0.39, 0.29) is 0 Å². The van der Waals surface area contributed by atoms with Crippen molar-refractivity contribution in [3.05, 3.63) is 158 Å². The summed E-state index contributed by atoms with van der Waals surface area (Å²) in [5.74, 6) is 0.663. The smallest absolute Gasteiger partial charge is 0.235 e. The van der Waals surface area contributed by atoms with E-state index in [2.05, 4.69) is 155 Å². The molecule has 0 aliphatic heterocycles. The number of rotatable bonds is 3. The zero-order chi connectivity index (χ0) is 30.2. The molecule has 4 heteroatoms. The third-order valence-electron chi connectivity index (χ3n) is 9.30. The van der Waals surface area contributed by atoms with Crippen molar-refractivity contribution in [1.29, 1.82) is 0 Å². The first-order chi connectivity index (χ1) is 22.8. The lowest BCUT2D eigenvalue weighted by molar-refractivity contribution is 1.01. The van der Waals surface area contributed by atoms with Crippen LogP contribution in [-0.4, -0.2) is 19.1 Å². The van der Waals surface area contributed by atoms with Gasteiger partial charge in [-0.05, 0) is 47.2 Å². The van der Waals surface area contributed by atoms with Gasteiger partial charge in [0.2, 0.25) is 5.95 Å².